The van der Waals surface area contributed by atoms with Gasteiger partial charge in [-0.1, -0.05) is 57.9 Å². The van der Waals surface area contributed by atoms with Crippen LogP contribution in [0.4, 0.5) is 0 Å². The van der Waals surface area contributed by atoms with Gasteiger partial charge in [0, 0.05) is 0 Å². The van der Waals surface area contributed by atoms with Crippen LogP contribution >= 0.6 is 0 Å². The fraction of sp³-hybridized carbons (Fsp3) is 0.667. The summed E-state index contributed by atoms with van der Waals surface area (Å²) in [6.07, 6.45) is 5.06. The van der Waals surface area contributed by atoms with Gasteiger partial charge in [0.25, 0.3) is 0 Å². The first-order valence-corrected chi connectivity index (χ1v) is 7.94. The predicted molar refractivity (Wildman–Crippen MR) is 85.6 cm³/mol. The molecule has 0 heterocycles. The highest BCUT2D eigenvalue weighted by molar-refractivity contribution is 5.26. The van der Waals surface area contributed by atoms with Crippen LogP contribution in [0.5, 0.6) is 0 Å². The summed E-state index contributed by atoms with van der Waals surface area (Å²) >= 11 is 0. The van der Waals surface area contributed by atoms with Crippen LogP contribution in [0.2, 0.25) is 0 Å². The number of aryl methyl sites for hydroxylation is 1. The summed E-state index contributed by atoms with van der Waals surface area (Å²) in [6.45, 7) is 11.5. The van der Waals surface area contributed by atoms with Gasteiger partial charge in [-0.05, 0) is 55.8 Å². The highest BCUT2D eigenvalue weighted by Crippen LogP contribution is 2.22. The molecule has 0 aromatic heterocycles. The van der Waals surface area contributed by atoms with Crippen LogP contribution in [0.15, 0.2) is 24.3 Å². The molecule has 0 spiro atoms. The van der Waals surface area contributed by atoms with Crippen LogP contribution in [-0.4, -0.2) is 13.1 Å². The molecule has 0 aliphatic heterocycles. The van der Waals surface area contributed by atoms with E-state index >= 15 is 0 Å². The van der Waals surface area contributed by atoms with Crippen LogP contribution in [0, 0.1) is 18.8 Å². The van der Waals surface area contributed by atoms with Crippen molar-refractivity contribution in [1.29, 1.82) is 0 Å². The molecular formula is C18H31N. The highest BCUT2D eigenvalue weighted by atomic mass is 14.9. The minimum atomic E-state index is 0.757. The predicted octanol–water partition coefficient (Wildman–Crippen LogP) is 4.59. The zero-order valence-electron chi connectivity index (χ0n) is 13.2. The van der Waals surface area contributed by atoms with E-state index in [1.54, 1.807) is 0 Å². The summed E-state index contributed by atoms with van der Waals surface area (Å²) in [6, 6.07) is 8.83. The van der Waals surface area contributed by atoms with Crippen molar-refractivity contribution in [2.45, 2.75) is 53.4 Å². The molecule has 2 unspecified atom stereocenters. The number of benzene rings is 1. The summed E-state index contributed by atoms with van der Waals surface area (Å²) in [4.78, 5) is 0. The molecule has 19 heavy (non-hydrogen) atoms. The van der Waals surface area contributed by atoms with Gasteiger partial charge in [-0.3, -0.25) is 0 Å². The number of hydrogen-bond donors (Lipinski definition) is 1. The molecule has 0 radical (unpaired) electrons. The van der Waals surface area contributed by atoms with Crippen molar-refractivity contribution in [3.63, 3.8) is 0 Å². The Balaban J connectivity index is 2.64. The van der Waals surface area contributed by atoms with Crippen molar-refractivity contribution in [2.75, 3.05) is 13.1 Å². The van der Waals surface area contributed by atoms with Crippen molar-refractivity contribution in [2.24, 2.45) is 11.8 Å². The van der Waals surface area contributed by atoms with E-state index in [1.165, 1.54) is 36.8 Å². The first-order valence-electron chi connectivity index (χ1n) is 7.94. The molecule has 0 fully saturated rings. The lowest BCUT2D eigenvalue weighted by Crippen LogP contribution is -2.29. The van der Waals surface area contributed by atoms with E-state index in [1.807, 2.05) is 0 Å². The third kappa shape index (κ3) is 5.78. The average molecular weight is 261 g/mol. The molecule has 1 nitrogen and oxygen atoms in total. The number of rotatable bonds is 9. The van der Waals surface area contributed by atoms with Crippen molar-refractivity contribution in [1.82, 2.24) is 5.32 Å². The molecule has 1 aromatic carbocycles. The number of hydrogen-bond acceptors (Lipinski definition) is 1. The molecule has 2 atom stereocenters. The first kappa shape index (κ1) is 16.2. The summed E-state index contributed by atoms with van der Waals surface area (Å²) in [7, 11) is 0. The molecule has 1 heteroatoms. The third-order valence-electron chi connectivity index (χ3n) is 4.13. The summed E-state index contributed by atoms with van der Waals surface area (Å²) in [5.41, 5.74) is 2.96. The maximum atomic E-state index is 3.61. The lowest BCUT2D eigenvalue weighted by molar-refractivity contribution is 0.318. The van der Waals surface area contributed by atoms with Gasteiger partial charge in [0.2, 0.25) is 0 Å². The molecule has 0 saturated carbocycles. The minimum Gasteiger partial charge on any atom is -0.316 e. The highest BCUT2D eigenvalue weighted by Gasteiger charge is 2.17. The van der Waals surface area contributed by atoms with E-state index in [2.05, 4.69) is 57.3 Å². The van der Waals surface area contributed by atoms with Crippen LogP contribution in [0.25, 0.3) is 0 Å². The van der Waals surface area contributed by atoms with E-state index in [9.17, 15) is 0 Å². The van der Waals surface area contributed by atoms with Gasteiger partial charge in [-0.15, -0.1) is 0 Å². The second kappa shape index (κ2) is 9.14. The van der Waals surface area contributed by atoms with Gasteiger partial charge >= 0.3 is 0 Å². The zero-order valence-corrected chi connectivity index (χ0v) is 13.2. The Kier molecular flexibility index (Phi) is 7.81. The van der Waals surface area contributed by atoms with Gasteiger partial charge in [-0.2, -0.15) is 0 Å². The lowest BCUT2D eigenvalue weighted by atomic mass is 9.84. The SMILES string of the molecule is CCCNCC(Cc1ccccc1C)C(C)CCC. The Morgan fingerprint density at radius 3 is 2.47 bits per heavy atom. The van der Waals surface area contributed by atoms with Crippen LogP contribution in [-0.2, 0) is 6.42 Å². The van der Waals surface area contributed by atoms with Gasteiger partial charge < -0.3 is 5.32 Å². The van der Waals surface area contributed by atoms with Crippen molar-refractivity contribution in [3.8, 4) is 0 Å². The summed E-state index contributed by atoms with van der Waals surface area (Å²) < 4.78 is 0. The molecule has 1 rings (SSSR count). The third-order valence-corrected chi connectivity index (χ3v) is 4.13. The molecule has 0 amide bonds. The Bertz CT molecular complexity index is 345. The van der Waals surface area contributed by atoms with Crippen LogP contribution < -0.4 is 5.32 Å². The van der Waals surface area contributed by atoms with Crippen LogP contribution in [0.1, 0.15) is 51.2 Å². The second-order valence-electron chi connectivity index (χ2n) is 5.86. The standard InChI is InChI=1S/C18H31N/c1-5-9-15(3)18(14-19-12-6-2)13-17-11-8-7-10-16(17)4/h7-8,10-11,15,18-19H,5-6,9,12-14H2,1-4H3. The smallest absolute Gasteiger partial charge is 0.00148 e. The Morgan fingerprint density at radius 1 is 1.11 bits per heavy atom. The molecule has 108 valence electrons. The van der Waals surface area contributed by atoms with Gasteiger partial charge in [0.05, 0.1) is 0 Å². The Morgan fingerprint density at radius 2 is 1.84 bits per heavy atom. The quantitative estimate of drug-likeness (QED) is 0.641. The monoisotopic (exact) mass is 261 g/mol. The topological polar surface area (TPSA) is 12.0 Å². The number of nitrogens with one attached hydrogen (secondary N) is 1. The molecule has 0 aliphatic carbocycles. The molecular weight excluding hydrogens is 230 g/mol. The Hall–Kier alpha value is -0.820. The normalized spacial score (nSPS) is 14.3. The molecule has 0 saturated heterocycles. The van der Waals surface area contributed by atoms with Crippen molar-refractivity contribution < 1.29 is 0 Å². The van der Waals surface area contributed by atoms with Crippen LogP contribution in [0.3, 0.4) is 0 Å². The van der Waals surface area contributed by atoms with Gasteiger partial charge in [-0.25, -0.2) is 0 Å². The lowest BCUT2D eigenvalue weighted by Gasteiger charge is -2.25. The summed E-state index contributed by atoms with van der Waals surface area (Å²) in [5.74, 6) is 1.56. The maximum absolute atomic E-state index is 3.61. The fourth-order valence-electron chi connectivity index (χ4n) is 2.75. The van der Waals surface area contributed by atoms with E-state index in [0.29, 0.717) is 0 Å². The van der Waals surface area contributed by atoms with Gasteiger partial charge in [0.1, 0.15) is 0 Å². The van der Waals surface area contributed by atoms with E-state index < -0.39 is 0 Å². The molecule has 1 aromatic rings. The van der Waals surface area contributed by atoms with Crippen molar-refractivity contribution >= 4 is 0 Å². The minimum absolute atomic E-state index is 0.757. The molecule has 0 aliphatic rings. The first-order chi connectivity index (χ1) is 9.19. The maximum Gasteiger partial charge on any atom is -0.00148 e. The van der Waals surface area contributed by atoms with E-state index in [-0.39, 0.29) is 0 Å². The zero-order chi connectivity index (χ0) is 14.1. The average Bonchev–Trinajstić information content (AvgIpc) is 2.40. The molecule has 1 N–H and O–H groups in total. The molecule has 0 bridgehead atoms. The van der Waals surface area contributed by atoms with E-state index in [4.69, 9.17) is 0 Å². The fourth-order valence-corrected chi connectivity index (χ4v) is 2.75. The second-order valence-corrected chi connectivity index (χ2v) is 5.86. The van der Waals surface area contributed by atoms with Gasteiger partial charge in [0.15, 0.2) is 0 Å². The largest absolute Gasteiger partial charge is 0.316 e. The Labute approximate surface area is 119 Å². The van der Waals surface area contributed by atoms with Crippen molar-refractivity contribution in [3.05, 3.63) is 35.4 Å². The van der Waals surface area contributed by atoms with E-state index in [0.717, 1.165) is 24.9 Å². The summed E-state index contributed by atoms with van der Waals surface area (Å²) in [5, 5.41) is 3.61.